The summed E-state index contributed by atoms with van der Waals surface area (Å²) >= 11 is 0. The van der Waals surface area contributed by atoms with Crippen LogP contribution in [0.5, 0.6) is 0 Å². The van der Waals surface area contributed by atoms with E-state index in [1.54, 1.807) is 0 Å². The minimum atomic E-state index is -3.11. The number of allylic oxidation sites excluding steroid dienone is 2. The van der Waals surface area contributed by atoms with Gasteiger partial charge in [-0.1, -0.05) is 5.57 Å². The molecule has 0 atom stereocenters. The Hall–Kier alpha value is -0.860. The van der Waals surface area contributed by atoms with E-state index in [1.807, 2.05) is 6.07 Å². The minimum absolute atomic E-state index is 0.318. The van der Waals surface area contributed by atoms with Crippen LogP contribution >= 0.6 is 0 Å². The van der Waals surface area contributed by atoms with Crippen molar-refractivity contribution < 1.29 is 8.42 Å². The Morgan fingerprint density at radius 1 is 1.54 bits per heavy atom. The Morgan fingerprint density at radius 3 is 2.46 bits per heavy atom. The standard InChI is InChI=1S/C8H12N2O2S/c1-10(2)13(11,12)8-5-7(6-8)3-4-9/h3,8H,5-6H2,1-2H3. The van der Waals surface area contributed by atoms with Crippen molar-refractivity contribution in [2.45, 2.75) is 18.1 Å². The SMILES string of the molecule is CN(C)S(=O)(=O)C1CC(=CC#N)C1. The van der Waals surface area contributed by atoms with Crippen LogP contribution in [-0.2, 0) is 10.0 Å². The molecular weight excluding hydrogens is 188 g/mol. The van der Waals surface area contributed by atoms with Crippen LogP contribution in [0.3, 0.4) is 0 Å². The first-order chi connectivity index (χ1) is 5.98. The predicted molar refractivity (Wildman–Crippen MR) is 49.3 cm³/mol. The van der Waals surface area contributed by atoms with E-state index in [0.717, 1.165) is 5.57 Å². The molecule has 0 aromatic rings. The predicted octanol–water partition coefficient (Wildman–Crippen LogP) is 0.490. The van der Waals surface area contributed by atoms with Crippen molar-refractivity contribution in [3.05, 3.63) is 11.6 Å². The average molecular weight is 200 g/mol. The van der Waals surface area contributed by atoms with Gasteiger partial charge in [-0.3, -0.25) is 0 Å². The van der Waals surface area contributed by atoms with Gasteiger partial charge in [0.25, 0.3) is 0 Å². The molecule has 0 spiro atoms. The highest BCUT2D eigenvalue weighted by molar-refractivity contribution is 7.89. The second kappa shape index (κ2) is 3.48. The summed E-state index contributed by atoms with van der Waals surface area (Å²) in [6, 6.07) is 1.90. The average Bonchev–Trinajstić information content (AvgIpc) is 1.95. The molecule has 0 aromatic carbocycles. The Kier molecular flexibility index (Phi) is 2.74. The lowest BCUT2D eigenvalue weighted by molar-refractivity contribution is 0.484. The van der Waals surface area contributed by atoms with E-state index in [2.05, 4.69) is 0 Å². The molecule has 13 heavy (non-hydrogen) atoms. The summed E-state index contributed by atoms with van der Waals surface area (Å²) in [5.41, 5.74) is 0.929. The van der Waals surface area contributed by atoms with Crippen molar-refractivity contribution in [1.29, 1.82) is 5.26 Å². The molecule has 0 heterocycles. The van der Waals surface area contributed by atoms with Gasteiger partial charge in [0, 0.05) is 20.2 Å². The summed E-state index contributed by atoms with van der Waals surface area (Å²) in [5.74, 6) is 0. The molecule has 1 rings (SSSR count). The molecule has 1 saturated carbocycles. The molecule has 0 saturated heterocycles. The van der Waals surface area contributed by atoms with E-state index in [1.165, 1.54) is 24.5 Å². The lowest BCUT2D eigenvalue weighted by Gasteiger charge is -2.30. The topological polar surface area (TPSA) is 61.2 Å². The zero-order valence-electron chi connectivity index (χ0n) is 7.69. The van der Waals surface area contributed by atoms with Crippen LogP contribution in [0, 0.1) is 11.3 Å². The van der Waals surface area contributed by atoms with Gasteiger partial charge < -0.3 is 0 Å². The highest BCUT2D eigenvalue weighted by Gasteiger charge is 2.36. The second-order valence-electron chi connectivity index (χ2n) is 3.29. The molecule has 1 aliphatic carbocycles. The Labute approximate surface area is 78.5 Å². The second-order valence-corrected chi connectivity index (χ2v) is 5.72. The summed E-state index contributed by atoms with van der Waals surface area (Å²) in [6.07, 6.45) is 2.45. The minimum Gasteiger partial charge on any atom is -0.212 e. The lowest BCUT2D eigenvalue weighted by atomic mass is 9.92. The van der Waals surface area contributed by atoms with Gasteiger partial charge in [-0.05, 0) is 12.8 Å². The molecule has 0 aromatic heterocycles. The van der Waals surface area contributed by atoms with E-state index in [4.69, 9.17) is 5.26 Å². The van der Waals surface area contributed by atoms with Crippen LogP contribution in [0.25, 0.3) is 0 Å². The molecular formula is C8H12N2O2S. The molecule has 0 N–H and O–H groups in total. The zero-order chi connectivity index (χ0) is 10.1. The van der Waals surface area contributed by atoms with Gasteiger partial charge in [0.2, 0.25) is 10.0 Å². The Balaban J connectivity index is 2.64. The molecule has 0 aliphatic heterocycles. The van der Waals surface area contributed by atoms with Crippen LogP contribution < -0.4 is 0 Å². The molecule has 1 fully saturated rings. The zero-order valence-corrected chi connectivity index (χ0v) is 8.50. The van der Waals surface area contributed by atoms with Crippen LogP contribution in [-0.4, -0.2) is 32.1 Å². The van der Waals surface area contributed by atoms with Gasteiger partial charge in [0.05, 0.1) is 11.3 Å². The number of rotatable bonds is 2. The third-order valence-corrected chi connectivity index (χ3v) is 4.37. The fourth-order valence-corrected chi connectivity index (χ4v) is 2.69. The maximum Gasteiger partial charge on any atom is 0.217 e. The fourth-order valence-electron chi connectivity index (χ4n) is 1.24. The number of hydrogen-bond acceptors (Lipinski definition) is 3. The van der Waals surface area contributed by atoms with Crippen molar-refractivity contribution >= 4 is 10.0 Å². The molecule has 0 bridgehead atoms. The highest BCUT2D eigenvalue weighted by atomic mass is 32.2. The van der Waals surface area contributed by atoms with Gasteiger partial charge in [0.1, 0.15) is 0 Å². The lowest BCUT2D eigenvalue weighted by Crippen LogP contribution is -2.38. The molecule has 1 aliphatic rings. The fraction of sp³-hybridized carbons (Fsp3) is 0.625. The number of hydrogen-bond donors (Lipinski definition) is 0. The van der Waals surface area contributed by atoms with E-state index < -0.39 is 10.0 Å². The van der Waals surface area contributed by atoms with E-state index in [9.17, 15) is 8.42 Å². The smallest absolute Gasteiger partial charge is 0.212 e. The van der Waals surface area contributed by atoms with Crippen molar-refractivity contribution in [3.8, 4) is 6.07 Å². The van der Waals surface area contributed by atoms with E-state index >= 15 is 0 Å². The molecule has 5 heteroatoms. The maximum absolute atomic E-state index is 11.5. The van der Waals surface area contributed by atoms with E-state index in [-0.39, 0.29) is 5.25 Å². The first-order valence-corrected chi connectivity index (χ1v) is 5.47. The van der Waals surface area contributed by atoms with E-state index in [0.29, 0.717) is 12.8 Å². The van der Waals surface area contributed by atoms with Crippen molar-refractivity contribution in [1.82, 2.24) is 4.31 Å². The maximum atomic E-state index is 11.5. The van der Waals surface area contributed by atoms with Crippen LogP contribution in [0.2, 0.25) is 0 Å². The first kappa shape index (κ1) is 10.2. The Morgan fingerprint density at radius 2 is 2.08 bits per heavy atom. The quantitative estimate of drug-likeness (QED) is 0.609. The Bertz CT molecular complexity index is 354. The third kappa shape index (κ3) is 1.90. The molecule has 0 unspecified atom stereocenters. The summed E-state index contributed by atoms with van der Waals surface area (Å²) in [5, 5.41) is 8.00. The van der Waals surface area contributed by atoms with Crippen LogP contribution in [0.15, 0.2) is 11.6 Å². The summed E-state index contributed by atoms with van der Waals surface area (Å²) in [6.45, 7) is 0. The van der Waals surface area contributed by atoms with Crippen molar-refractivity contribution in [3.63, 3.8) is 0 Å². The van der Waals surface area contributed by atoms with Crippen LogP contribution in [0.4, 0.5) is 0 Å². The molecule has 4 nitrogen and oxygen atoms in total. The highest BCUT2D eigenvalue weighted by Crippen LogP contribution is 2.32. The molecule has 72 valence electrons. The number of sulfonamides is 1. The summed E-state index contributed by atoms with van der Waals surface area (Å²) < 4.78 is 24.2. The first-order valence-electron chi connectivity index (χ1n) is 3.97. The normalized spacial score (nSPS) is 22.3. The summed E-state index contributed by atoms with van der Waals surface area (Å²) in [4.78, 5) is 0. The monoisotopic (exact) mass is 200 g/mol. The van der Waals surface area contributed by atoms with Crippen LogP contribution in [0.1, 0.15) is 12.8 Å². The van der Waals surface area contributed by atoms with Crippen molar-refractivity contribution in [2.24, 2.45) is 0 Å². The van der Waals surface area contributed by atoms with Gasteiger partial charge in [0.15, 0.2) is 0 Å². The number of nitriles is 1. The van der Waals surface area contributed by atoms with Gasteiger partial charge in [-0.15, -0.1) is 0 Å². The molecule has 0 amide bonds. The third-order valence-electron chi connectivity index (χ3n) is 2.18. The number of nitrogens with zero attached hydrogens (tertiary/aromatic N) is 2. The van der Waals surface area contributed by atoms with Gasteiger partial charge >= 0.3 is 0 Å². The van der Waals surface area contributed by atoms with Gasteiger partial charge in [-0.25, -0.2) is 12.7 Å². The largest absolute Gasteiger partial charge is 0.217 e. The molecule has 0 radical (unpaired) electrons. The van der Waals surface area contributed by atoms with Crippen molar-refractivity contribution in [2.75, 3.05) is 14.1 Å². The summed E-state index contributed by atoms with van der Waals surface area (Å²) in [7, 11) is -0.0501. The van der Waals surface area contributed by atoms with Gasteiger partial charge in [-0.2, -0.15) is 5.26 Å².